The quantitative estimate of drug-likeness (QED) is 0.719. The summed E-state index contributed by atoms with van der Waals surface area (Å²) in [4.78, 5) is 11.4. The summed E-state index contributed by atoms with van der Waals surface area (Å²) in [7, 11) is -2.93. The number of hydrazine groups is 1. The topological polar surface area (TPSA) is 75.7 Å². The molecule has 0 radical (unpaired) electrons. The SMILES string of the molecule is CCOC(=O)N(CC)NC1CCS(=O)(=O)C1. The van der Waals surface area contributed by atoms with Gasteiger partial charge < -0.3 is 4.74 Å². The van der Waals surface area contributed by atoms with Gasteiger partial charge in [-0.1, -0.05) is 0 Å². The van der Waals surface area contributed by atoms with Crippen molar-refractivity contribution in [2.75, 3.05) is 24.7 Å². The van der Waals surface area contributed by atoms with Gasteiger partial charge in [0.15, 0.2) is 9.84 Å². The van der Waals surface area contributed by atoms with Crippen LogP contribution in [0.15, 0.2) is 0 Å². The summed E-state index contributed by atoms with van der Waals surface area (Å²) in [5.41, 5.74) is 2.89. The predicted octanol–water partition coefficient (Wildman–Crippen LogP) is 0.157. The van der Waals surface area contributed by atoms with E-state index in [1.54, 1.807) is 13.8 Å². The van der Waals surface area contributed by atoms with Gasteiger partial charge in [-0.05, 0) is 20.3 Å². The monoisotopic (exact) mass is 250 g/mol. The first-order chi connectivity index (χ1) is 7.48. The molecule has 1 heterocycles. The van der Waals surface area contributed by atoms with Crippen molar-refractivity contribution in [2.45, 2.75) is 26.3 Å². The standard InChI is InChI=1S/C9H18N2O4S/c1-3-11(9(12)15-4-2)10-8-5-6-16(13,14)7-8/h8,10H,3-7H2,1-2H3. The van der Waals surface area contributed by atoms with Gasteiger partial charge in [0.1, 0.15) is 0 Å². The van der Waals surface area contributed by atoms with Gasteiger partial charge in [-0.15, -0.1) is 0 Å². The second kappa shape index (κ2) is 5.49. The molecule has 94 valence electrons. The third kappa shape index (κ3) is 3.64. The summed E-state index contributed by atoms with van der Waals surface area (Å²) in [6.45, 7) is 4.27. The number of sulfone groups is 1. The van der Waals surface area contributed by atoms with Crippen LogP contribution in [0.25, 0.3) is 0 Å². The molecule has 7 heteroatoms. The number of hydrogen-bond donors (Lipinski definition) is 1. The van der Waals surface area contributed by atoms with Crippen LogP contribution in [0, 0.1) is 0 Å². The molecule has 1 rings (SSSR count). The van der Waals surface area contributed by atoms with Gasteiger partial charge in [-0.2, -0.15) is 0 Å². The van der Waals surface area contributed by atoms with E-state index < -0.39 is 15.9 Å². The molecule has 1 atom stereocenters. The normalized spacial score (nSPS) is 23.0. The van der Waals surface area contributed by atoms with Crippen LogP contribution in [-0.4, -0.2) is 50.2 Å². The highest BCUT2D eigenvalue weighted by Crippen LogP contribution is 2.11. The molecule has 1 saturated heterocycles. The largest absolute Gasteiger partial charge is 0.449 e. The number of amides is 1. The van der Waals surface area contributed by atoms with Gasteiger partial charge in [0.25, 0.3) is 0 Å². The van der Waals surface area contributed by atoms with Gasteiger partial charge >= 0.3 is 6.09 Å². The second-order valence-electron chi connectivity index (χ2n) is 3.67. The summed E-state index contributed by atoms with van der Waals surface area (Å²) in [5.74, 6) is 0.272. The first-order valence-corrected chi connectivity index (χ1v) is 7.21. The summed E-state index contributed by atoms with van der Waals surface area (Å²) in [5, 5.41) is 1.31. The summed E-state index contributed by atoms with van der Waals surface area (Å²) >= 11 is 0. The summed E-state index contributed by atoms with van der Waals surface area (Å²) in [6.07, 6.45) is 0.0763. The molecule has 0 aromatic rings. The molecular weight excluding hydrogens is 232 g/mol. The molecule has 16 heavy (non-hydrogen) atoms. The number of nitrogens with zero attached hydrogens (tertiary/aromatic N) is 1. The Morgan fingerprint density at radius 3 is 2.62 bits per heavy atom. The van der Waals surface area contributed by atoms with E-state index in [4.69, 9.17) is 4.74 Å². The average Bonchev–Trinajstić information content (AvgIpc) is 2.55. The molecule has 0 saturated carbocycles. The maximum Gasteiger partial charge on any atom is 0.424 e. The lowest BCUT2D eigenvalue weighted by Gasteiger charge is -2.24. The molecule has 0 aromatic carbocycles. The van der Waals surface area contributed by atoms with E-state index in [1.807, 2.05) is 0 Å². The highest BCUT2D eigenvalue weighted by molar-refractivity contribution is 7.91. The van der Waals surface area contributed by atoms with Crippen molar-refractivity contribution < 1.29 is 17.9 Å². The van der Waals surface area contributed by atoms with Crippen LogP contribution in [0.4, 0.5) is 4.79 Å². The third-order valence-electron chi connectivity index (χ3n) is 2.38. The Balaban J connectivity index is 2.48. The Kier molecular flexibility index (Phi) is 4.55. The Morgan fingerprint density at radius 2 is 2.19 bits per heavy atom. The second-order valence-corrected chi connectivity index (χ2v) is 5.90. The summed E-state index contributed by atoms with van der Waals surface area (Å²) in [6, 6.07) is -0.186. The van der Waals surface area contributed by atoms with Gasteiger partial charge in [0.2, 0.25) is 0 Å². The zero-order valence-electron chi connectivity index (χ0n) is 9.60. The van der Waals surface area contributed by atoms with Crippen LogP contribution in [0.5, 0.6) is 0 Å². The fourth-order valence-electron chi connectivity index (χ4n) is 1.59. The molecule has 1 aliphatic rings. The smallest absolute Gasteiger partial charge is 0.424 e. The van der Waals surface area contributed by atoms with Crippen molar-refractivity contribution in [2.24, 2.45) is 0 Å². The lowest BCUT2D eigenvalue weighted by molar-refractivity contribution is 0.0828. The van der Waals surface area contributed by atoms with Crippen molar-refractivity contribution in [1.29, 1.82) is 0 Å². The summed E-state index contributed by atoms with van der Waals surface area (Å²) < 4.78 is 27.3. The fraction of sp³-hybridized carbons (Fsp3) is 0.889. The van der Waals surface area contributed by atoms with Crippen LogP contribution in [0.2, 0.25) is 0 Å². The first kappa shape index (κ1) is 13.2. The van der Waals surface area contributed by atoms with Gasteiger partial charge in [0, 0.05) is 12.6 Å². The predicted molar refractivity (Wildman–Crippen MR) is 59.6 cm³/mol. The number of carbonyl (C=O) groups excluding carboxylic acids is 1. The molecule has 6 nitrogen and oxygen atoms in total. The van der Waals surface area contributed by atoms with Gasteiger partial charge in [-0.3, -0.25) is 0 Å². The van der Waals surface area contributed by atoms with Crippen molar-refractivity contribution in [1.82, 2.24) is 10.4 Å². The fourth-order valence-corrected chi connectivity index (χ4v) is 3.26. The van der Waals surface area contributed by atoms with Crippen LogP contribution >= 0.6 is 0 Å². The van der Waals surface area contributed by atoms with Crippen LogP contribution < -0.4 is 5.43 Å². The first-order valence-electron chi connectivity index (χ1n) is 5.39. The van der Waals surface area contributed by atoms with E-state index in [-0.39, 0.29) is 17.5 Å². The molecule has 0 spiro atoms. The van der Waals surface area contributed by atoms with E-state index in [0.29, 0.717) is 19.6 Å². The van der Waals surface area contributed by atoms with Crippen molar-refractivity contribution in [3.63, 3.8) is 0 Å². The molecule has 1 N–H and O–H groups in total. The lowest BCUT2D eigenvalue weighted by Crippen LogP contribution is -2.48. The lowest BCUT2D eigenvalue weighted by atomic mass is 10.3. The van der Waals surface area contributed by atoms with Crippen molar-refractivity contribution >= 4 is 15.9 Å². The highest BCUT2D eigenvalue weighted by atomic mass is 32.2. The number of carbonyl (C=O) groups is 1. The minimum absolute atomic E-state index is 0.0862. The maximum absolute atomic E-state index is 11.4. The minimum Gasteiger partial charge on any atom is -0.449 e. The van der Waals surface area contributed by atoms with Crippen LogP contribution in [-0.2, 0) is 14.6 Å². The Morgan fingerprint density at radius 1 is 1.50 bits per heavy atom. The molecule has 0 bridgehead atoms. The number of nitrogens with one attached hydrogen (secondary N) is 1. The van der Waals surface area contributed by atoms with E-state index in [0.717, 1.165) is 0 Å². The van der Waals surface area contributed by atoms with E-state index in [1.165, 1.54) is 5.01 Å². The van der Waals surface area contributed by atoms with E-state index in [2.05, 4.69) is 5.43 Å². The molecule has 0 aromatic heterocycles. The van der Waals surface area contributed by atoms with Gasteiger partial charge in [0.05, 0.1) is 18.1 Å². The number of rotatable bonds is 4. The molecule has 1 aliphatic heterocycles. The third-order valence-corrected chi connectivity index (χ3v) is 4.14. The zero-order chi connectivity index (χ0) is 12.2. The van der Waals surface area contributed by atoms with Crippen molar-refractivity contribution in [3.8, 4) is 0 Å². The van der Waals surface area contributed by atoms with E-state index >= 15 is 0 Å². The highest BCUT2D eigenvalue weighted by Gasteiger charge is 2.30. The Labute approximate surface area is 95.8 Å². The Bertz CT molecular complexity index is 341. The van der Waals surface area contributed by atoms with Gasteiger partial charge in [-0.25, -0.2) is 23.6 Å². The molecule has 1 amide bonds. The van der Waals surface area contributed by atoms with E-state index in [9.17, 15) is 13.2 Å². The minimum atomic E-state index is -2.93. The molecule has 1 fully saturated rings. The van der Waals surface area contributed by atoms with Crippen LogP contribution in [0.3, 0.4) is 0 Å². The molecule has 0 aliphatic carbocycles. The zero-order valence-corrected chi connectivity index (χ0v) is 10.4. The maximum atomic E-state index is 11.4. The Hall–Kier alpha value is -0.820. The molecular formula is C9H18N2O4S. The average molecular weight is 250 g/mol. The van der Waals surface area contributed by atoms with Crippen LogP contribution in [0.1, 0.15) is 20.3 Å². The number of hydrogen-bond acceptors (Lipinski definition) is 5. The number of ether oxygens (including phenoxy) is 1. The van der Waals surface area contributed by atoms with Crippen molar-refractivity contribution in [3.05, 3.63) is 0 Å². The molecule has 1 unspecified atom stereocenters.